The van der Waals surface area contributed by atoms with Gasteiger partial charge in [0, 0.05) is 31.3 Å². The van der Waals surface area contributed by atoms with Crippen LogP contribution in [-0.4, -0.2) is 19.4 Å². The van der Waals surface area contributed by atoms with E-state index in [4.69, 9.17) is 0 Å². The second-order valence-electron chi connectivity index (χ2n) is 4.54. The number of ketones is 1. The van der Waals surface area contributed by atoms with Gasteiger partial charge in [-0.25, -0.2) is 0 Å². The highest BCUT2D eigenvalue weighted by molar-refractivity contribution is 5.97. The summed E-state index contributed by atoms with van der Waals surface area (Å²) in [4.78, 5) is 14.1. The lowest BCUT2D eigenvalue weighted by molar-refractivity contribution is 0.0982. The number of carbonyl (C=O) groups excluding carboxylic acids is 1. The van der Waals surface area contributed by atoms with Crippen LogP contribution in [0.4, 0.5) is 5.69 Å². The Kier molecular flexibility index (Phi) is 3.28. The van der Waals surface area contributed by atoms with E-state index >= 15 is 0 Å². The van der Waals surface area contributed by atoms with E-state index in [9.17, 15) is 4.79 Å². The number of nitrogens with zero attached hydrogens (tertiary/aromatic N) is 1. The number of benzene rings is 1. The summed E-state index contributed by atoms with van der Waals surface area (Å²) in [5.74, 6) is 0.268. The molecule has 1 aromatic rings. The predicted octanol–water partition coefficient (Wildman–Crippen LogP) is 3.05. The van der Waals surface area contributed by atoms with Gasteiger partial charge in [-0.05, 0) is 30.9 Å². The summed E-state index contributed by atoms with van der Waals surface area (Å²) in [7, 11) is 2.10. The number of fused-ring (bicyclic) bond motifs is 1. The minimum absolute atomic E-state index is 0.268. The van der Waals surface area contributed by atoms with Crippen molar-refractivity contribution in [3.8, 4) is 0 Å². The Morgan fingerprint density at radius 1 is 1.44 bits per heavy atom. The normalized spacial score (nSPS) is 14.8. The van der Waals surface area contributed by atoms with Crippen LogP contribution in [0.15, 0.2) is 18.2 Å². The fourth-order valence-electron chi connectivity index (χ4n) is 2.30. The maximum Gasteiger partial charge on any atom is 0.162 e. The molecule has 86 valence electrons. The lowest BCUT2D eigenvalue weighted by Crippen LogP contribution is -2.24. The van der Waals surface area contributed by atoms with Crippen molar-refractivity contribution in [2.45, 2.75) is 32.6 Å². The maximum absolute atomic E-state index is 11.8. The molecule has 0 radical (unpaired) electrons. The molecule has 0 aromatic heterocycles. The van der Waals surface area contributed by atoms with Crippen LogP contribution in [0.5, 0.6) is 0 Å². The summed E-state index contributed by atoms with van der Waals surface area (Å²) in [6.45, 7) is 3.14. The number of aryl methyl sites for hydroxylation is 1. The number of Topliss-reactive ketones (excluding diaryl/α,β-unsaturated/α-hetero) is 1. The Hall–Kier alpha value is -1.31. The topological polar surface area (TPSA) is 20.3 Å². The molecule has 0 N–H and O–H groups in total. The van der Waals surface area contributed by atoms with E-state index in [1.165, 1.54) is 17.7 Å². The first-order valence-corrected chi connectivity index (χ1v) is 6.09. The largest absolute Gasteiger partial charge is 0.374 e. The summed E-state index contributed by atoms with van der Waals surface area (Å²) in [5, 5.41) is 0. The number of hydrogen-bond donors (Lipinski definition) is 0. The van der Waals surface area contributed by atoms with Crippen molar-refractivity contribution in [2.24, 2.45) is 0 Å². The van der Waals surface area contributed by atoms with E-state index in [0.29, 0.717) is 6.42 Å². The first-order chi connectivity index (χ1) is 7.72. The SMILES string of the molecule is CCCC(=O)c1ccc2c(c1)N(C)CCC2. The smallest absolute Gasteiger partial charge is 0.162 e. The lowest BCUT2D eigenvalue weighted by atomic mass is 9.97. The number of anilines is 1. The van der Waals surface area contributed by atoms with E-state index in [2.05, 4.69) is 24.1 Å². The molecule has 0 atom stereocenters. The third-order valence-corrected chi connectivity index (χ3v) is 3.24. The second kappa shape index (κ2) is 4.69. The van der Waals surface area contributed by atoms with E-state index in [1.807, 2.05) is 13.0 Å². The molecule has 0 aliphatic carbocycles. The highest BCUT2D eigenvalue weighted by Crippen LogP contribution is 2.27. The van der Waals surface area contributed by atoms with Gasteiger partial charge < -0.3 is 4.90 Å². The van der Waals surface area contributed by atoms with Crippen molar-refractivity contribution in [3.63, 3.8) is 0 Å². The first kappa shape index (κ1) is 11.2. The molecule has 0 saturated carbocycles. The van der Waals surface area contributed by atoms with Gasteiger partial charge >= 0.3 is 0 Å². The fraction of sp³-hybridized carbons (Fsp3) is 0.500. The van der Waals surface area contributed by atoms with Crippen LogP contribution in [-0.2, 0) is 6.42 Å². The predicted molar refractivity (Wildman–Crippen MR) is 67.3 cm³/mol. The van der Waals surface area contributed by atoms with E-state index in [0.717, 1.165) is 24.9 Å². The molecule has 0 saturated heterocycles. The standard InChI is InChI=1S/C14H19NO/c1-3-5-14(16)12-8-7-11-6-4-9-15(2)13(11)10-12/h7-8,10H,3-6,9H2,1-2H3. The van der Waals surface area contributed by atoms with E-state index in [1.54, 1.807) is 0 Å². The van der Waals surface area contributed by atoms with Gasteiger partial charge in [-0.3, -0.25) is 4.79 Å². The molecule has 16 heavy (non-hydrogen) atoms. The molecule has 2 rings (SSSR count). The van der Waals surface area contributed by atoms with Gasteiger partial charge in [0.15, 0.2) is 5.78 Å². The zero-order valence-electron chi connectivity index (χ0n) is 10.1. The molecule has 1 heterocycles. The van der Waals surface area contributed by atoms with Gasteiger partial charge in [-0.15, -0.1) is 0 Å². The van der Waals surface area contributed by atoms with Crippen molar-refractivity contribution in [2.75, 3.05) is 18.5 Å². The highest BCUT2D eigenvalue weighted by Gasteiger charge is 2.15. The minimum Gasteiger partial charge on any atom is -0.374 e. The van der Waals surface area contributed by atoms with Crippen molar-refractivity contribution >= 4 is 11.5 Å². The Labute approximate surface area is 97.3 Å². The number of carbonyl (C=O) groups is 1. The van der Waals surface area contributed by atoms with Gasteiger partial charge in [0.05, 0.1) is 0 Å². The Balaban J connectivity index is 2.30. The van der Waals surface area contributed by atoms with E-state index in [-0.39, 0.29) is 5.78 Å². The summed E-state index contributed by atoms with van der Waals surface area (Å²) in [6, 6.07) is 6.16. The Morgan fingerprint density at radius 2 is 2.25 bits per heavy atom. The second-order valence-corrected chi connectivity index (χ2v) is 4.54. The minimum atomic E-state index is 0.268. The summed E-state index contributed by atoms with van der Waals surface area (Å²) in [6.07, 6.45) is 3.93. The molecule has 2 nitrogen and oxygen atoms in total. The van der Waals surface area contributed by atoms with Gasteiger partial charge in [0.1, 0.15) is 0 Å². The van der Waals surface area contributed by atoms with Crippen molar-refractivity contribution in [3.05, 3.63) is 29.3 Å². The van der Waals surface area contributed by atoms with Crippen molar-refractivity contribution in [1.82, 2.24) is 0 Å². The summed E-state index contributed by atoms with van der Waals surface area (Å²) in [5.41, 5.74) is 3.49. The first-order valence-electron chi connectivity index (χ1n) is 6.09. The van der Waals surface area contributed by atoms with Crippen molar-refractivity contribution < 1.29 is 4.79 Å². The van der Waals surface area contributed by atoms with Gasteiger partial charge in [-0.1, -0.05) is 19.1 Å². The van der Waals surface area contributed by atoms with Gasteiger partial charge in [0.25, 0.3) is 0 Å². The molecule has 0 spiro atoms. The molecule has 2 heteroatoms. The van der Waals surface area contributed by atoms with Crippen molar-refractivity contribution in [1.29, 1.82) is 0 Å². The van der Waals surface area contributed by atoms with Crippen LogP contribution in [0.2, 0.25) is 0 Å². The zero-order valence-corrected chi connectivity index (χ0v) is 10.1. The summed E-state index contributed by atoms with van der Waals surface area (Å²) < 4.78 is 0. The Bertz CT molecular complexity index is 398. The molecule has 1 aromatic carbocycles. The number of rotatable bonds is 3. The highest BCUT2D eigenvalue weighted by atomic mass is 16.1. The molecule has 0 amide bonds. The monoisotopic (exact) mass is 217 g/mol. The molecule has 1 aliphatic rings. The average molecular weight is 217 g/mol. The van der Waals surface area contributed by atoms with Crippen LogP contribution in [0.25, 0.3) is 0 Å². The fourth-order valence-corrected chi connectivity index (χ4v) is 2.30. The molecule has 0 unspecified atom stereocenters. The third-order valence-electron chi connectivity index (χ3n) is 3.24. The van der Waals surface area contributed by atoms with E-state index < -0.39 is 0 Å². The van der Waals surface area contributed by atoms with Crippen LogP contribution in [0.1, 0.15) is 42.1 Å². The summed E-state index contributed by atoms with van der Waals surface area (Å²) >= 11 is 0. The average Bonchev–Trinajstić information content (AvgIpc) is 2.29. The van der Waals surface area contributed by atoms with Crippen LogP contribution < -0.4 is 4.90 Å². The quantitative estimate of drug-likeness (QED) is 0.725. The molecular weight excluding hydrogens is 198 g/mol. The van der Waals surface area contributed by atoms with Crippen LogP contribution >= 0.6 is 0 Å². The van der Waals surface area contributed by atoms with Crippen LogP contribution in [0.3, 0.4) is 0 Å². The molecule has 0 fully saturated rings. The maximum atomic E-state index is 11.8. The molecule has 1 aliphatic heterocycles. The molecular formula is C14H19NO. The third kappa shape index (κ3) is 2.11. The zero-order chi connectivity index (χ0) is 11.5. The number of hydrogen-bond acceptors (Lipinski definition) is 2. The lowest BCUT2D eigenvalue weighted by Gasteiger charge is -2.27. The molecule has 0 bridgehead atoms. The van der Waals surface area contributed by atoms with Crippen LogP contribution in [0, 0.1) is 0 Å². The van der Waals surface area contributed by atoms with Gasteiger partial charge in [-0.2, -0.15) is 0 Å². The Morgan fingerprint density at radius 3 is 3.00 bits per heavy atom. The van der Waals surface area contributed by atoms with Gasteiger partial charge in [0.2, 0.25) is 0 Å².